The maximum Gasteiger partial charge on any atom is 0.243 e. The summed E-state index contributed by atoms with van der Waals surface area (Å²) in [5.74, 6) is 1.33. The maximum atomic E-state index is 13.1. The van der Waals surface area contributed by atoms with E-state index in [0.717, 1.165) is 35.4 Å². The molecule has 8 heteroatoms. The summed E-state index contributed by atoms with van der Waals surface area (Å²) in [5.41, 5.74) is 2.70. The van der Waals surface area contributed by atoms with Gasteiger partial charge in [-0.25, -0.2) is 8.42 Å². The lowest BCUT2D eigenvalue weighted by atomic mass is 10.1. The summed E-state index contributed by atoms with van der Waals surface area (Å²) >= 11 is 0. The maximum absolute atomic E-state index is 13.1. The fourth-order valence-corrected chi connectivity index (χ4v) is 5.54. The number of hydrogen-bond donors (Lipinski definition) is 0. The number of nitrogens with zero attached hydrogens (tertiary/aromatic N) is 4. The van der Waals surface area contributed by atoms with Gasteiger partial charge in [-0.3, -0.25) is 4.90 Å². The Morgan fingerprint density at radius 3 is 2.30 bits per heavy atom. The van der Waals surface area contributed by atoms with E-state index in [9.17, 15) is 8.42 Å². The van der Waals surface area contributed by atoms with Crippen molar-refractivity contribution in [3.05, 3.63) is 40.5 Å². The zero-order chi connectivity index (χ0) is 19.6. The van der Waals surface area contributed by atoms with Gasteiger partial charge in [-0.1, -0.05) is 29.8 Å². The summed E-state index contributed by atoms with van der Waals surface area (Å²) in [7, 11) is -3.48. The van der Waals surface area contributed by atoms with Crippen molar-refractivity contribution in [2.45, 2.75) is 52.0 Å². The van der Waals surface area contributed by atoms with Gasteiger partial charge < -0.3 is 4.52 Å². The molecule has 0 N–H and O–H groups in total. The van der Waals surface area contributed by atoms with Crippen molar-refractivity contribution < 1.29 is 12.9 Å². The molecule has 2 heterocycles. The van der Waals surface area contributed by atoms with Crippen LogP contribution in [0.5, 0.6) is 0 Å². The third-order valence-electron chi connectivity index (χ3n) is 4.88. The van der Waals surface area contributed by atoms with Crippen molar-refractivity contribution in [3.8, 4) is 0 Å². The smallest absolute Gasteiger partial charge is 0.243 e. The Balaban J connectivity index is 1.66. The number of aryl methyl sites for hydroxylation is 4. The van der Waals surface area contributed by atoms with Crippen molar-refractivity contribution in [1.29, 1.82) is 0 Å². The predicted molar refractivity (Wildman–Crippen MR) is 103 cm³/mol. The van der Waals surface area contributed by atoms with Crippen LogP contribution < -0.4 is 0 Å². The third kappa shape index (κ3) is 4.39. The number of aromatic nitrogens is 2. The van der Waals surface area contributed by atoms with E-state index in [1.54, 1.807) is 4.31 Å². The Bertz CT molecular complexity index is 876. The minimum Gasteiger partial charge on any atom is -0.338 e. The Labute approximate surface area is 161 Å². The number of hydrogen-bond acceptors (Lipinski definition) is 6. The average molecular weight is 393 g/mol. The van der Waals surface area contributed by atoms with Gasteiger partial charge in [0.2, 0.25) is 15.9 Å². The lowest BCUT2D eigenvalue weighted by Crippen LogP contribution is -2.48. The van der Waals surface area contributed by atoms with Gasteiger partial charge in [0.15, 0.2) is 5.82 Å². The van der Waals surface area contributed by atoms with Crippen LogP contribution in [0.4, 0.5) is 0 Å². The molecule has 7 nitrogen and oxygen atoms in total. The molecule has 148 valence electrons. The van der Waals surface area contributed by atoms with E-state index in [0.29, 0.717) is 43.5 Å². The van der Waals surface area contributed by atoms with E-state index in [1.165, 1.54) is 0 Å². The first-order valence-electron chi connectivity index (χ1n) is 9.43. The Hall–Kier alpha value is -1.77. The van der Waals surface area contributed by atoms with Crippen LogP contribution in [0, 0.1) is 20.8 Å². The van der Waals surface area contributed by atoms with Gasteiger partial charge in [-0.15, -0.1) is 0 Å². The van der Waals surface area contributed by atoms with Gasteiger partial charge in [0.1, 0.15) is 0 Å². The highest BCUT2D eigenvalue weighted by Crippen LogP contribution is 2.26. The van der Waals surface area contributed by atoms with Crippen LogP contribution in [0.15, 0.2) is 21.6 Å². The average Bonchev–Trinajstić information content (AvgIpc) is 3.01. The molecular weight excluding hydrogens is 364 g/mol. The lowest BCUT2D eigenvalue weighted by molar-refractivity contribution is 0.163. The summed E-state index contributed by atoms with van der Waals surface area (Å²) < 4.78 is 33.2. The summed E-state index contributed by atoms with van der Waals surface area (Å²) in [6.07, 6.45) is 1.79. The van der Waals surface area contributed by atoms with Gasteiger partial charge in [0.05, 0.1) is 11.4 Å². The van der Waals surface area contributed by atoms with Crippen molar-refractivity contribution in [3.63, 3.8) is 0 Å². The van der Waals surface area contributed by atoms with Gasteiger partial charge >= 0.3 is 0 Å². The molecule has 0 spiro atoms. The monoisotopic (exact) mass is 392 g/mol. The topological polar surface area (TPSA) is 79.5 Å². The highest BCUT2D eigenvalue weighted by atomic mass is 32.2. The number of piperazine rings is 1. The Morgan fingerprint density at radius 2 is 1.70 bits per heavy atom. The highest BCUT2D eigenvalue weighted by molar-refractivity contribution is 7.89. The second-order valence-corrected chi connectivity index (χ2v) is 9.14. The summed E-state index contributed by atoms with van der Waals surface area (Å²) in [4.78, 5) is 6.99. The lowest BCUT2D eigenvalue weighted by Gasteiger charge is -2.33. The molecular formula is C19H28N4O3S. The standard InChI is InChI=1S/C19H28N4O3S/c1-5-6-17-20-18(26-21-17)13-22-7-9-23(10-8-22)27(24,25)19-15(3)11-14(2)12-16(19)4/h11-12H,5-10,13H2,1-4H3. The van der Waals surface area contributed by atoms with E-state index < -0.39 is 10.0 Å². The highest BCUT2D eigenvalue weighted by Gasteiger charge is 2.31. The van der Waals surface area contributed by atoms with Crippen molar-refractivity contribution in [1.82, 2.24) is 19.3 Å². The van der Waals surface area contributed by atoms with Crippen molar-refractivity contribution >= 4 is 10.0 Å². The molecule has 1 aliphatic rings. The van der Waals surface area contributed by atoms with E-state index >= 15 is 0 Å². The molecule has 0 amide bonds. The van der Waals surface area contributed by atoms with Crippen molar-refractivity contribution in [2.75, 3.05) is 26.2 Å². The van der Waals surface area contributed by atoms with Crippen LogP contribution in [0.1, 0.15) is 41.8 Å². The molecule has 27 heavy (non-hydrogen) atoms. The minimum atomic E-state index is -3.48. The Morgan fingerprint density at radius 1 is 1.07 bits per heavy atom. The van der Waals surface area contributed by atoms with Crippen LogP contribution in [0.25, 0.3) is 0 Å². The first-order chi connectivity index (χ1) is 12.8. The van der Waals surface area contributed by atoms with Crippen LogP contribution in [-0.2, 0) is 23.0 Å². The van der Waals surface area contributed by atoms with Gasteiger partial charge in [-0.05, 0) is 38.3 Å². The Kier molecular flexibility index (Phi) is 5.98. The van der Waals surface area contributed by atoms with Gasteiger partial charge in [0.25, 0.3) is 0 Å². The fourth-order valence-electron chi connectivity index (χ4n) is 3.70. The molecule has 0 aliphatic carbocycles. The predicted octanol–water partition coefficient (Wildman–Crippen LogP) is 2.45. The van der Waals surface area contributed by atoms with Crippen molar-refractivity contribution in [2.24, 2.45) is 0 Å². The molecule has 0 radical (unpaired) electrons. The third-order valence-corrected chi connectivity index (χ3v) is 7.08. The molecule has 0 bridgehead atoms. The number of sulfonamides is 1. The van der Waals surface area contributed by atoms with E-state index in [2.05, 4.69) is 22.0 Å². The van der Waals surface area contributed by atoms with Crippen LogP contribution in [0.2, 0.25) is 0 Å². The molecule has 0 unspecified atom stereocenters. The van der Waals surface area contributed by atoms with E-state index in [-0.39, 0.29) is 0 Å². The van der Waals surface area contributed by atoms with Crippen LogP contribution >= 0.6 is 0 Å². The van der Waals surface area contributed by atoms with Gasteiger partial charge in [0, 0.05) is 32.6 Å². The number of rotatable bonds is 6. The van der Waals surface area contributed by atoms with Crippen LogP contribution in [-0.4, -0.2) is 53.9 Å². The molecule has 1 aliphatic heterocycles. The number of benzene rings is 1. The second kappa shape index (κ2) is 8.08. The summed E-state index contributed by atoms with van der Waals surface area (Å²) in [6, 6.07) is 3.86. The summed E-state index contributed by atoms with van der Waals surface area (Å²) in [6.45, 7) is 10.6. The van der Waals surface area contributed by atoms with Gasteiger partial charge in [-0.2, -0.15) is 9.29 Å². The second-order valence-electron chi connectivity index (χ2n) is 7.26. The fraction of sp³-hybridized carbons (Fsp3) is 0.579. The molecule has 1 aromatic heterocycles. The SMILES string of the molecule is CCCc1noc(CN2CCN(S(=O)(=O)c3c(C)cc(C)cc3C)CC2)n1. The molecule has 2 aromatic rings. The zero-order valence-electron chi connectivity index (χ0n) is 16.5. The summed E-state index contributed by atoms with van der Waals surface area (Å²) in [5, 5.41) is 3.97. The zero-order valence-corrected chi connectivity index (χ0v) is 17.3. The molecule has 0 atom stereocenters. The first-order valence-corrected chi connectivity index (χ1v) is 10.9. The minimum absolute atomic E-state index is 0.447. The molecule has 1 fully saturated rings. The van der Waals surface area contributed by atoms with E-state index in [1.807, 2.05) is 32.9 Å². The van der Waals surface area contributed by atoms with E-state index in [4.69, 9.17) is 4.52 Å². The first kappa shape index (κ1) is 20.0. The molecule has 1 aromatic carbocycles. The largest absolute Gasteiger partial charge is 0.338 e. The molecule has 3 rings (SSSR count). The quantitative estimate of drug-likeness (QED) is 0.751. The normalized spacial score (nSPS) is 16.7. The molecule has 0 saturated carbocycles. The van der Waals surface area contributed by atoms with Crippen LogP contribution in [0.3, 0.4) is 0 Å². The molecule has 1 saturated heterocycles.